The lowest BCUT2D eigenvalue weighted by molar-refractivity contribution is -0.137. The molecule has 3 aliphatic rings. The maximum absolute atomic E-state index is 12.0. The van der Waals surface area contributed by atoms with Crippen LogP contribution in [0.3, 0.4) is 0 Å². The number of thiazole rings is 1. The van der Waals surface area contributed by atoms with Gasteiger partial charge >= 0.3 is 0 Å². The van der Waals surface area contributed by atoms with Gasteiger partial charge in [-0.05, 0) is 19.8 Å². The molecule has 0 N–H and O–H groups in total. The Morgan fingerprint density at radius 1 is 1.45 bits per heavy atom. The first-order chi connectivity index (χ1) is 10.7. The van der Waals surface area contributed by atoms with Gasteiger partial charge in [0, 0.05) is 43.5 Å². The molecule has 3 aliphatic heterocycles. The van der Waals surface area contributed by atoms with Crippen LogP contribution < -0.4 is 0 Å². The van der Waals surface area contributed by atoms with E-state index in [4.69, 9.17) is 4.74 Å². The molecule has 1 aromatic rings. The van der Waals surface area contributed by atoms with Crippen molar-refractivity contribution in [2.75, 3.05) is 26.2 Å². The van der Waals surface area contributed by atoms with E-state index < -0.39 is 0 Å². The molecular formula is C16H23N3O2S. The summed E-state index contributed by atoms with van der Waals surface area (Å²) in [5.74, 6) is 0.885. The molecule has 120 valence electrons. The van der Waals surface area contributed by atoms with Gasteiger partial charge in [0.2, 0.25) is 5.91 Å². The molecule has 0 radical (unpaired) electrons. The molecule has 0 unspecified atom stereocenters. The summed E-state index contributed by atoms with van der Waals surface area (Å²) < 4.78 is 6.15. The SMILES string of the molecule is Cc1ncsc1CN1C[C@H]2C[C@@H](CC(=O)N3CCC3)O[C@H]2C1. The maximum Gasteiger partial charge on any atom is 0.225 e. The number of amides is 1. The first-order valence-corrected chi connectivity index (χ1v) is 9.11. The van der Waals surface area contributed by atoms with Crippen LogP contribution in [-0.4, -0.2) is 59.1 Å². The van der Waals surface area contributed by atoms with E-state index in [0.717, 1.165) is 51.3 Å². The van der Waals surface area contributed by atoms with Crippen LogP contribution in [0.4, 0.5) is 0 Å². The van der Waals surface area contributed by atoms with Crippen LogP contribution in [0.25, 0.3) is 0 Å². The molecule has 1 amide bonds. The van der Waals surface area contributed by atoms with E-state index in [0.29, 0.717) is 18.4 Å². The van der Waals surface area contributed by atoms with Crippen molar-refractivity contribution in [3.8, 4) is 0 Å². The molecule has 0 spiro atoms. The highest BCUT2D eigenvalue weighted by molar-refractivity contribution is 7.09. The molecule has 3 fully saturated rings. The highest BCUT2D eigenvalue weighted by atomic mass is 32.1. The second-order valence-corrected chi connectivity index (χ2v) is 7.73. The summed E-state index contributed by atoms with van der Waals surface area (Å²) in [4.78, 5) is 22.2. The number of hydrogen-bond donors (Lipinski definition) is 0. The fourth-order valence-corrected chi connectivity index (χ4v) is 4.60. The van der Waals surface area contributed by atoms with Crippen molar-refractivity contribution in [3.05, 3.63) is 16.1 Å². The van der Waals surface area contributed by atoms with Crippen LogP contribution in [0.1, 0.15) is 29.8 Å². The average molecular weight is 321 g/mol. The van der Waals surface area contributed by atoms with E-state index in [1.54, 1.807) is 11.3 Å². The Kier molecular flexibility index (Phi) is 3.92. The molecule has 6 heteroatoms. The molecule has 1 aromatic heterocycles. The fraction of sp³-hybridized carbons (Fsp3) is 0.750. The molecule has 0 saturated carbocycles. The Balaban J connectivity index is 1.27. The van der Waals surface area contributed by atoms with Gasteiger partial charge < -0.3 is 9.64 Å². The second kappa shape index (κ2) is 5.91. The zero-order valence-corrected chi connectivity index (χ0v) is 13.8. The average Bonchev–Trinajstić information content (AvgIpc) is 3.03. The Morgan fingerprint density at radius 2 is 2.32 bits per heavy atom. The zero-order valence-electron chi connectivity index (χ0n) is 13.0. The lowest BCUT2D eigenvalue weighted by atomic mass is 10.0. The van der Waals surface area contributed by atoms with E-state index in [9.17, 15) is 4.79 Å². The van der Waals surface area contributed by atoms with Gasteiger partial charge in [-0.15, -0.1) is 11.3 Å². The molecule has 0 aliphatic carbocycles. The first kappa shape index (κ1) is 14.6. The number of aryl methyl sites for hydroxylation is 1. The van der Waals surface area contributed by atoms with Crippen LogP contribution >= 0.6 is 11.3 Å². The van der Waals surface area contributed by atoms with E-state index in [1.165, 1.54) is 4.88 Å². The van der Waals surface area contributed by atoms with Crippen LogP contribution in [0.5, 0.6) is 0 Å². The van der Waals surface area contributed by atoms with Crippen molar-refractivity contribution in [1.29, 1.82) is 0 Å². The van der Waals surface area contributed by atoms with E-state index in [-0.39, 0.29) is 12.0 Å². The van der Waals surface area contributed by atoms with Gasteiger partial charge in [-0.25, -0.2) is 4.98 Å². The monoisotopic (exact) mass is 321 g/mol. The van der Waals surface area contributed by atoms with Gasteiger partial charge in [-0.3, -0.25) is 9.69 Å². The summed E-state index contributed by atoms with van der Waals surface area (Å²) in [6, 6.07) is 0. The van der Waals surface area contributed by atoms with E-state index >= 15 is 0 Å². The van der Waals surface area contributed by atoms with Gasteiger partial charge in [0.15, 0.2) is 0 Å². The molecule has 4 heterocycles. The van der Waals surface area contributed by atoms with Crippen LogP contribution in [0.15, 0.2) is 5.51 Å². The number of ether oxygens (including phenoxy) is 1. The number of aromatic nitrogens is 1. The molecule has 0 bridgehead atoms. The van der Waals surface area contributed by atoms with Crippen molar-refractivity contribution in [3.63, 3.8) is 0 Å². The minimum atomic E-state index is 0.149. The molecular weight excluding hydrogens is 298 g/mol. The number of likely N-dealkylation sites (tertiary alicyclic amines) is 2. The maximum atomic E-state index is 12.0. The van der Waals surface area contributed by atoms with E-state index in [1.807, 2.05) is 10.4 Å². The Labute approximate surface area is 135 Å². The smallest absolute Gasteiger partial charge is 0.225 e. The summed E-state index contributed by atoms with van der Waals surface area (Å²) in [7, 11) is 0. The standard InChI is InChI=1S/C16H23N3O2S/c1-11-15(22-10-17-11)9-18-7-12-5-13(21-14(12)8-18)6-16(20)19-3-2-4-19/h10,12-14H,2-9H2,1H3/t12-,13+,14+/m1/s1. The number of carbonyl (C=O) groups is 1. The van der Waals surface area contributed by atoms with Gasteiger partial charge in [0.1, 0.15) is 0 Å². The predicted octanol–water partition coefficient (Wildman–Crippen LogP) is 1.66. The number of rotatable bonds is 4. The second-order valence-electron chi connectivity index (χ2n) is 6.79. The van der Waals surface area contributed by atoms with Crippen LogP contribution in [0, 0.1) is 12.8 Å². The summed E-state index contributed by atoms with van der Waals surface area (Å²) in [5, 5.41) is 0. The predicted molar refractivity (Wildman–Crippen MR) is 84.7 cm³/mol. The van der Waals surface area contributed by atoms with Crippen molar-refractivity contribution < 1.29 is 9.53 Å². The lowest BCUT2D eigenvalue weighted by Gasteiger charge is -2.31. The summed E-state index contributed by atoms with van der Waals surface area (Å²) >= 11 is 1.74. The van der Waals surface area contributed by atoms with Gasteiger partial charge in [0.25, 0.3) is 0 Å². The van der Waals surface area contributed by atoms with Gasteiger partial charge in [-0.1, -0.05) is 0 Å². The van der Waals surface area contributed by atoms with E-state index in [2.05, 4.69) is 16.8 Å². The Morgan fingerprint density at radius 3 is 2.95 bits per heavy atom. The minimum Gasteiger partial charge on any atom is -0.373 e. The third kappa shape index (κ3) is 2.79. The third-order valence-corrected chi connectivity index (χ3v) is 6.13. The minimum absolute atomic E-state index is 0.149. The molecule has 4 rings (SSSR count). The largest absolute Gasteiger partial charge is 0.373 e. The Hall–Kier alpha value is -0.980. The lowest BCUT2D eigenvalue weighted by Crippen LogP contribution is -2.43. The van der Waals surface area contributed by atoms with Crippen molar-refractivity contribution in [2.24, 2.45) is 5.92 Å². The van der Waals surface area contributed by atoms with Crippen LogP contribution in [-0.2, 0) is 16.1 Å². The molecule has 3 saturated heterocycles. The third-order valence-electron chi connectivity index (χ3n) is 5.21. The summed E-state index contributed by atoms with van der Waals surface area (Å²) in [6.07, 6.45) is 3.26. The number of nitrogens with zero attached hydrogens (tertiary/aromatic N) is 3. The molecule has 22 heavy (non-hydrogen) atoms. The summed E-state index contributed by atoms with van der Waals surface area (Å²) in [6.45, 7) is 7.05. The van der Waals surface area contributed by atoms with Crippen molar-refractivity contribution in [2.45, 2.75) is 44.9 Å². The molecule has 5 nitrogen and oxygen atoms in total. The van der Waals surface area contributed by atoms with Gasteiger partial charge in [0.05, 0.1) is 29.8 Å². The zero-order chi connectivity index (χ0) is 15.1. The van der Waals surface area contributed by atoms with Crippen molar-refractivity contribution in [1.82, 2.24) is 14.8 Å². The quantitative estimate of drug-likeness (QED) is 0.846. The number of carbonyl (C=O) groups excluding carboxylic acids is 1. The highest BCUT2D eigenvalue weighted by Gasteiger charge is 2.42. The number of hydrogen-bond acceptors (Lipinski definition) is 5. The molecule has 0 aromatic carbocycles. The highest BCUT2D eigenvalue weighted by Crippen LogP contribution is 2.35. The van der Waals surface area contributed by atoms with Gasteiger partial charge in [-0.2, -0.15) is 0 Å². The summed E-state index contributed by atoms with van der Waals surface area (Å²) in [5.41, 5.74) is 3.08. The van der Waals surface area contributed by atoms with Crippen molar-refractivity contribution >= 4 is 17.2 Å². The topological polar surface area (TPSA) is 45.7 Å². The number of fused-ring (bicyclic) bond motifs is 1. The fourth-order valence-electron chi connectivity index (χ4n) is 3.78. The van der Waals surface area contributed by atoms with Crippen LogP contribution in [0.2, 0.25) is 0 Å². The normalized spacial score (nSPS) is 31.3. The Bertz CT molecular complexity index is 543. The molecule has 3 atom stereocenters. The first-order valence-electron chi connectivity index (χ1n) is 8.23.